The third-order valence-corrected chi connectivity index (χ3v) is 7.20. The Labute approximate surface area is 129 Å². The third-order valence-electron chi connectivity index (χ3n) is 3.81. The Hall–Kier alpha value is -0.470. The van der Waals surface area contributed by atoms with E-state index in [0.717, 1.165) is 5.75 Å². The van der Waals surface area contributed by atoms with Gasteiger partial charge in [-0.25, -0.2) is 9.97 Å². The second kappa shape index (κ2) is 5.62. The standard InChI is InChI=1S/C13H16F3N3S2/c1-6-7(2)21-10(5-20-6)12-18-9-4-17-3-8(9)11(19-12)13(14,15)16/h6-7,10,17H,3-5H2,1-2H3. The topological polar surface area (TPSA) is 37.8 Å². The fourth-order valence-electron chi connectivity index (χ4n) is 2.48. The normalized spacial score (nSPS) is 29.5. The van der Waals surface area contributed by atoms with Gasteiger partial charge in [0.05, 0.1) is 10.9 Å². The van der Waals surface area contributed by atoms with E-state index in [-0.39, 0.29) is 17.4 Å². The summed E-state index contributed by atoms with van der Waals surface area (Å²) >= 11 is 3.46. The molecule has 3 nitrogen and oxygen atoms in total. The largest absolute Gasteiger partial charge is 0.433 e. The van der Waals surface area contributed by atoms with Gasteiger partial charge in [0, 0.05) is 34.9 Å². The van der Waals surface area contributed by atoms with Crippen LogP contribution in [0.4, 0.5) is 13.2 Å². The molecule has 1 fully saturated rings. The van der Waals surface area contributed by atoms with Crippen LogP contribution in [0.2, 0.25) is 0 Å². The average molecular weight is 335 g/mol. The molecule has 0 saturated carbocycles. The highest BCUT2D eigenvalue weighted by atomic mass is 32.2. The highest BCUT2D eigenvalue weighted by molar-refractivity contribution is 8.07. The summed E-state index contributed by atoms with van der Waals surface area (Å²) in [5.74, 6) is 1.10. The Morgan fingerprint density at radius 2 is 1.90 bits per heavy atom. The number of halogens is 3. The molecule has 3 heterocycles. The monoisotopic (exact) mass is 335 g/mol. The van der Waals surface area contributed by atoms with Crippen LogP contribution in [0.25, 0.3) is 0 Å². The first kappa shape index (κ1) is 15.4. The van der Waals surface area contributed by atoms with Gasteiger partial charge in [0.15, 0.2) is 5.69 Å². The molecule has 3 unspecified atom stereocenters. The zero-order valence-corrected chi connectivity index (χ0v) is 13.3. The minimum absolute atomic E-state index is 0.0619. The Balaban J connectivity index is 1.97. The minimum Gasteiger partial charge on any atom is -0.307 e. The Morgan fingerprint density at radius 3 is 2.57 bits per heavy atom. The molecule has 1 N–H and O–H groups in total. The first-order valence-electron chi connectivity index (χ1n) is 6.81. The molecule has 8 heteroatoms. The maximum absolute atomic E-state index is 13.2. The minimum atomic E-state index is -4.42. The molecule has 2 aliphatic rings. The molecule has 0 aromatic carbocycles. The van der Waals surface area contributed by atoms with Crippen molar-refractivity contribution in [3.05, 3.63) is 22.8 Å². The first-order chi connectivity index (χ1) is 9.86. The van der Waals surface area contributed by atoms with Crippen molar-refractivity contribution in [2.24, 2.45) is 0 Å². The summed E-state index contributed by atoms with van der Waals surface area (Å²) in [6, 6.07) is 0. The summed E-state index contributed by atoms with van der Waals surface area (Å²) in [7, 11) is 0. The maximum Gasteiger partial charge on any atom is 0.433 e. The van der Waals surface area contributed by atoms with Crippen LogP contribution in [-0.2, 0) is 19.3 Å². The van der Waals surface area contributed by atoms with Crippen LogP contribution < -0.4 is 5.32 Å². The van der Waals surface area contributed by atoms with Crippen molar-refractivity contribution in [2.45, 2.75) is 48.9 Å². The van der Waals surface area contributed by atoms with E-state index in [2.05, 4.69) is 29.1 Å². The van der Waals surface area contributed by atoms with Gasteiger partial charge in [-0.3, -0.25) is 0 Å². The number of nitrogens with zero attached hydrogens (tertiary/aromatic N) is 2. The second-order valence-corrected chi connectivity index (χ2v) is 8.32. The van der Waals surface area contributed by atoms with E-state index in [1.54, 1.807) is 23.5 Å². The molecule has 0 bridgehead atoms. The number of fused-ring (bicyclic) bond motifs is 1. The zero-order chi connectivity index (χ0) is 15.2. The lowest BCUT2D eigenvalue weighted by molar-refractivity contribution is -0.142. The highest BCUT2D eigenvalue weighted by Crippen LogP contribution is 2.44. The second-order valence-electron chi connectivity index (χ2n) is 5.33. The Bertz CT molecular complexity index is 550. The van der Waals surface area contributed by atoms with Gasteiger partial charge in [0.25, 0.3) is 0 Å². The number of aromatic nitrogens is 2. The number of thioether (sulfide) groups is 2. The third kappa shape index (κ3) is 3.03. The van der Waals surface area contributed by atoms with Crippen LogP contribution >= 0.6 is 23.5 Å². The molecule has 0 aliphatic carbocycles. The molecule has 0 spiro atoms. The van der Waals surface area contributed by atoms with E-state index in [0.29, 0.717) is 28.6 Å². The molecule has 1 saturated heterocycles. The summed E-state index contributed by atoms with van der Waals surface area (Å²) in [5.41, 5.74) is -0.0466. The summed E-state index contributed by atoms with van der Waals surface area (Å²) in [4.78, 5) is 8.29. The quantitative estimate of drug-likeness (QED) is 0.851. The molecule has 1 aromatic heterocycles. The van der Waals surface area contributed by atoms with Gasteiger partial charge in [-0.2, -0.15) is 24.9 Å². The SMILES string of the molecule is CC1SCC(c2nc3c(c(C(F)(F)F)n2)CNC3)SC1C. The van der Waals surface area contributed by atoms with Crippen molar-refractivity contribution in [2.75, 3.05) is 5.75 Å². The molecule has 116 valence electrons. The van der Waals surface area contributed by atoms with Crippen molar-refractivity contribution >= 4 is 23.5 Å². The van der Waals surface area contributed by atoms with Gasteiger partial charge in [-0.15, -0.1) is 11.8 Å². The van der Waals surface area contributed by atoms with E-state index in [1.807, 2.05) is 0 Å². The van der Waals surface area contributed by atoms with Gasteiger partial charge in [-0.05, 0) is 0 Å². The zero-order valence-electron chi connectivity index (χ0n) is 11.7. The van der Waals surface area contributed by atoms with Crippen LogP contribution in [-0.4, -0.2) is 26.2 Å². The number of rotatable bonds is 1. The van der Waals surface area contributed by atoms with E-state index < -0.39 is 11.9 Å². The molecular weight excluding hydrogens is 319 g/mol. The van der Waals surface area contributed by atoms with Crippen molar-refractivity contribution < 1.29 is 13.2 Å². The molecule has 0 radical (unpaired) electrons. The van der Waals surface area contributed by atoms with Crippen molar-refractivity contribution in [1.82, 2.24) is 15.3 Å². The predicted octanol–water partition coefficient (Wildman–Crippen LogP) is 3.40. The number of hydrogen-bond donors (Lipinski definition) is 1. The molecule has 0 amide bonds. The van der Waals surface area contributed by atoms with Gasteiger partial charge in [0.1, 0.15) is 5.82 Å². The van der Waals surface area contributed by atoms with Crippen LogP contribution in [0.5, 0.6) is 0 Å². The highest BCUT2D eigenvalue weighted by Gasteiger charge is 2.40. The van der Waals surface area contributed by atoms with Crippen LogP contribution in [0, 0.1) is 0 Å². The smallest absolute Gasteiger partial charge is 0.307 e. The Morgan fingerprint density at radius 1 is 1.14 bits per heavy atom. The van der Waals surface area contributed by atoms with E-state index in [1.165, 1.54) is 0 Å². The van der Waals surface area contributed by atoms with E-state index >= 15 is 0 Å². The average Bonchev–Trinajstić information content (AvgIpc) is 2.87. The van der Waals surface area contributed by atoms with Crippen molar-refractivity contribution in [3.8, 4) is 0 Å². The Kier molecular flexibility index (Phi) is 4.13. The molecule has 2 aliphatic heterocycles. The number of alkyl halides is 3. The summed E-state index contributed by atoms with van der Waals surface area (Å²) in [6.07, 6.45) is -4.42. The van der Waals surface area contributed by atoms with Gasteiger partial charge in [-0.1, -0.05) is 13.8 Å². The summed E-state index contributed by atoms with van der Waals surface area (Å²) in [5, 5.41) is 3.76. The summed E-state index contributed by atoms with van der Waals surface area (Å²) in [6.45, 7) is 4.84. The summed E-state index contributed by atoms with van der Waals surface area (Å²) < 4.78 is 39.6. The maximum atomic E-state index is 13.2. The van der Waals surface area contributed by atoms with Gasteiger partial charge < -0.3 is 5.32 Å². The predicted molar refractivity (Wildman–Crippen MR) is 79.3 cm³/mol. The number of nitrogens with one attached hydrogen (secondary N) is 1. The van der Waals surface area contributed by atoms with Gasteiger partial charge in [0.2, 0.25) is 0 Å². The van der Waals surface area contributed by atoms with Gasteiger partial charge >= 0.3 is 6.18 Å². The van der Waals surface area contributed by atoms with Crippen molar-refractivity contribution in [1.29, 1.82) is 0 Å². The fourth-order valence-corrected chi connectivity index (χ4v) is 5.33. The lowest BCUT2D eigenvalue weighted by Gasteiger charge is -2.30. The van der Waals surface area contributed by atoms with Crippen LogP contribution in [0.15, 0.2) is 0 Å². The van der Waals surface area contributed by atoms with E-state index in [9.17, 15) is 13.2 Å². The molecule has 3 rings (SSSR count). The number of hydrogen-bond acceptors (Lipinski definition) is 5. The molecular formula is C13H16F3N3S2. The van der Waals surface area contributed by atoms with E-state index in [4.69, 9.17) is 0 Å². The fraction of sp³-hybridized carbons (Fsp3) is 0.692. The molecule has 3 atom stereocenters. The molecule has 21 heavy (non-hydrogen) atoms. The lowest BCUT2D eigenvalue weighted by atomic mass is 10.1. The lowest BCUT2D eigenvalue weighted by Crippen LogP contribution is -2.24. The van der Waals surface area contributed by atoms with Crippen molar-refractivity contribution in [3.63, 3.8) is 0 Å². The van der Waals surface area contributed by atoms with Crippen LogP contribution in [0.1, 0.15) is 41.9 Å². The molecule has 1 aromatic rings. The van der Waals surface area contributed by atoms with Crippen LogP contribution in [0.3, 0.4) is 0 Å². The first-order valence-corrected chi connectivity index (χ1v) is 8.80.